The number of benzene rings is 2. The number of hydrogen-bond acceptors (Lipinski definition) is 3. The van der Waals surface area contributed by atoms with Crippen molar-refractivity contribution < 1.29 is 23.0 Å². The zero-order chi connectivity index (χ0) is 19.2. The van der Waals surface area contributed by atoms with Crippen LogP contribution in [0, 0.1) is 0 Å². The summed E-state index contributed by atoms with van der Waals surface area (Å²) < 4.78 is 34.7. The van der Waals surface area contributed by atoms with E-state index in [1.807, 2.05) is 24.3 Å². The molecule has 1 heterocycles. The van der Waals surface area contributed by atoms with E-state index in [1.165, 1.54) is 18.2 Å². The van der Waals surface area contributed by atoms with Crippen LogP contribution in [0.25, 0.3) is 6.08 Å². The number of halogens is 2. The number of carbonyl (C=O) groups excluding carboxylic acids is 1. The highest BCUT2D eigenvalue weighted by atomic mass is 19.3. The van der Waals surface area contributed by atoms with Crippen molar-refractivity contribution in [1.29, 1.82) is 0 Å². The zero-order valence-corrected chi connectivity index (χ0v) is 15.0. The van der Waals surface area contributed by atoms with Crippen molar-refractivity contribution in [2.24, 2.45) is 0 Å². The van der Waals surface area contributed by atoms with Gasteiger partial charge < -0.3 is 14.4 Å². The number of nitrogens with zero attached hydrogens (tertiary/aromatic N) is 1. The Bertz CT molecular complexity index is 805. The molecule has 3 rings (SSSR count). The van der Waals surface area contributed by atoms with Crippen LogP contribution in [0.1, 0.15) is 30.0 Å². The second-order valence-electron chi connectivity index (χ2n) is 6.21. The van der Waals surface area contributed by atoms with Gasteiger partial charge in [0.05, 0.1) is 13.2 Å². The molecule has 1 saturated heterocycles. The summed E-state index contributed by atoms with van der Waals surface area (Å²) in [5, 5.41) is 0. The molecule has 4 nitrogen and oxygen atoms in total. The Morgan fingerprint density at radius 2 is 1.93 bits per heavy atom. The molecular weight excluding hydrogens is 352 g/mol. The standard InChI is InChI=1S/C21H21F2NO3/c1-26-17-11-8-15(9-12-17)18-6-4-14-24(18)20(25)13-10-16-5-2-3-7-19(16)27-21(22)23/h2-3,5,7-13,18,21H,4,6,14H2,1H3/b13-10+. The van der Waals surface area contributed by atoms with Crippen LogP contribution < -0.4 is 9.47 Å². The minimum atomic E-state index is -2.91. The summed E-state index contributed by atoms with van der Waals surface area (Å²) in [6.45, 7) is -2.25. The third-order valence-corrected chi connectivity index (χ3v) is 4.58. The third kappa shape index (κ3) is 4.64. The smallest absolute Gasteiger partial charge is 0.387 e. The molecule has 27 heavy (non-hydrogen) atoms. The molecule has 2 aromatic carbocycles. The molecule has 0 aromatic heterocycles. The van der Waals surface area contributed by atoms with Gasteiger partial charge in [-0.15, -0.1) is 0 Å². The first-order chi connectivity index (χ1) is 13.1. The van der Waals surface area contributed by atoms with Crippen LogP contribution in [0.3, 0.4) is 0 Å². The predicted molar refractivity (Wildman–Crippen MR) is 98.8 cm³/mol. The molecule has 1 aliphatic rings. The Hall–Kier alpha value is -2.89. The molecule has 1 unspecified atom stereocenters. The van der Waals surface area contributed by atoms with Crippen molar-refractivity contribution in [2.45, 2.75) is 25.5 Å². The highest BCUT2D eigenvalue weighted by Crippen LogP contribution is 2.33. The third-order valence-electron chi connectivity index (χ3n) is 4.58. The van der Waals surface area contributed by atoms with E-state index in [2.05, 4.69) is 4.74 Å². The molecule has 2 aromatic rings. The molecule has 142 valence electrons. The molecule has 1 atom stereocenters. The van der Waals surface area contributed by atoms with E-state index in [0.717, 1.165) is 24.2 Å². The number of methoxy groups -OCH3 is 1. The summed E-state index contributed by atoms with van der Waals surface area (Å²) >= 11 is 0. The molecular formula is C21H21F2NO3. The molecule has 0 bridgehead atoms. The monoisotopic (exact) mass is 373 g/mol. The maximum atomic E-state index is 12.7. The minimum Gasteiger partial charge on any atom is -0.497 e. The number of amides is 1. The van der Waals surface area contributed by atoms with Crippen LogP contribution in [0.15, 0.2) is 54.6 Å². The normalized spacial score (nSPS) is 16.9. The first-order valence-electron chi connectivity index (χ1n) is 8.75. The second kappa shape index (κ2) is 8.66. The van der Waals surface area contributed by atoms with E-state index in [-0.39, 0.29) is 17.7 Å². The SMILES string of the molecule is COc1ccc(C2CCCN2C(=O)/C=C/c2ccccc2OC(F)F)cc1. The summed E-state index contributed by atoms with van der Waals surface area (Å²) in [5.74, 6) is 0.662. The molecule has 0 aliphatic carbocycles. The fraction of sp³-hybridized carbons (Fsp3) is 0.286. The van der Waals surface area contributed by atoms with E-state index in [0.29, 0.717) is 12.1 Å². The highest BCUT2D eigenvalue weighted by Gasteiger charge is 2.28. The summed E-state index contributed by atoms with van der Waals surface area (Å²) in [4.78, 5) is 14.5. The average Bonchev–Trinajstić information content (AvgIpc) is 3.16. The van der Waals surface area contributed by atoms with Gasteiger partial charge in [-0.25, -0.2) is 0 Å². The van der Waals surface area contributed by atoms with Gasteiger partial charge in [-0.2, -0.15) is 8.78 Å². The molecule has 0 spiro atoms. The number of carbonyl (C=O) groups is 1. The van der Waals surface area contributed by atoms with Gasteiger partial charge in [0.15, 0.2) is 0 Å². The summed E-state index contributed by atoms with van der Waals surface area (Å²) in [5.41, 5.74) is 1.49. The molecule has 0 N–H and O–H groups in total. The molecule has 0 saturated carbocycles. The van der Waals surface area contributed by atoms with E-state index in [1.54, 1.807) is 30.2 Å². The lowest BCUT2D eigenvalue weighted by Gasteiger charge is -2.24. The first-order valence-corrected chi connectivity index (χ1v) is 8.75. The Morgan fingerprint density at radius 3 is 2.63 bits per heavy atom. The van der Waals surface area contributed by atoms with Crippen molar-refractivity contribution in [1.82, 2.24) is 4.90 Å². The van der Waals surface area contributed by atoms with Crippen LogP contribution in [0.5, 0.6) is 11.5 Å². The van der Waals surface area contributed by atoms with Crippen molar-refractivity contribution in [2.75, 3.05) is 13.7 Å². The van der Waals surface area contributed by atoms with Gasteiger partial charge in [0, 0.05) is 18.2 Å². The maximum absolute atomic E-state index is 12.7. The Balaban J connectivity index is 1.74. The van der Waals surface area contributed by atoms with Crippen molar-refractivity contribution in [3.63, 3.8) is 0 Å². The maximum Gasteiger partial charge on any atom is 0.387 e. The summed E-state index contributed by atoms with van der Waals surface area (Å²) in [7, 11) is 1.61. The quantitative estimate of drug-likeness (QED) is 0.691. The molecule has 6 heteroatoms. The molecule has 0 radical (unpaired) electrons. The van der Waals surface area contributed by atoms with Crippen LogP contribution in [-0.4, -0.2) is 31.1 Å². The predicted octanol–water partition coefficient (Wildman–Crippen LogP) is 4.67. The summed E-state index contributed by atoms with van der Waals surface area (Å²) in [6.07, 6.45) is 4.73. The van der Waals surface area contributed by atoms with Gasteiger partial charge in [0.2, 0.25) is 5.91 Å². The summed E-state index contributed by atoms with van der Waals surface area (Å²) in [6, 6.07) is 14.1. The number of alkyl halides is 2. The van der Waals surface area contributed by atoms with Crippen LogP contribution in [0.2, 0.25) is 0 Å². The second-order valence-corrected chi connectivity index (χ2v) is 6.21. The number of hydrogen-bond donors (Lipinski definition) is 0. The van der Waals surface area contributed by atoms with E-state index >= 15 is 0 Å². The van der Waals surface area contributed by atoms with E-state index < -0.39 is 6.61 Å². The van der Waals surface area contributed by atoms with Crippen LogP contribution in [-0.2, 0) is 4.79 Å². The number of ether oxygens (including phenoxy) is 2. The molecule has 1 amide bonds. The highest BCUT2D eigenvalue weighted by molar-refractivity contribution is 5.92. The van der Waals surface area contributed by atoms with Gasteiger partial charge >= 0.3 is 6.61 Å². The van der Waals surface area contributed by atoms with Crippen LogP contribution >= 0.6 is 0 Å². The van der Waals surface area contributed by atoms with Gasteiger partial charge in [0.1, 0.15) is 11.5 Å². The lowest BCUT2D eigenvalue weighted by Crippen LogP contribution is -2.28. The fourth-order valence-corrected chi connectivity index (χ4v) is 3.28. The Labute approximate surface area is 157 Å². The van der Waals surface area contributed by atoms with Crippen molar-refractivity contribution >= 4 is 12.0 Å². The van der Waals surface area contributed by atoms with Gasteiger partial charge in [-0.3, -0.25) is 4.79 Å². The van der Waals surface area contributed by atoms with Gasteiger partial charge in [-0.1, -0.05) is 30.3 Å². The minimum absolute atomic E-state index is 0.000568. The zero-order valence-electron chi connectivity index (χ0n) is 15.0. The van der Waals surface area contributed by atoms with Crippen LogP contribution in [0.4, 0.5) is 8.78 Å². The van der Waals surface area contributed by atoms with E-state index in [4.69, 9.17) is 4.74 Å². The lowest BCUT2D eigenvalue weighted by atomic mass is 10.0. The number of para-hydroxylation sites is 1. The Kier molecular flexibility index (Phi) is 6.06. The number of rotatable bonds is 6. The average molecular weight is 373 g/mol. The fourth-order valence-electron chi connectivity index (χ4n) is 3.28. The largest absolute Gasteiger partial charge is 0.497 e. The lowest BCUT2D eigenvalue weighted by molar-refractivity contribution is -0.126. The number of likely N-dealkylation sites (tertiary alicyclic amines) is 1. The Morgan fingerprint density at radius 1 is 1.19 bits per heavy atom. The first kappa shape index (κ1) is 18.9. The van der Waals surface area contributed by atoms with E-state index in [9.17, 15) is 13.6 Å². The van der Waals surface area contributed by atoms with Gasteiger partial charge in [-0.05, 0) is 42.7 Å². The molecule has 1 fully saturated rings. The van der Waals surface area contributed by atoms with Gasteiger partial charge in [0.25, 0.3) is 0 Å². The molecule has 1 aliphatic heterocycles. The van der Waals surface area contributed by atoms with Crippen molar-refractivity contribution in [3.8, 4) is 11.5 Å². The van der Waals surface area contributed by atoms with Crippen molar-refractivity contribution in [3.05, 3.63) is 65.7 Å². The topological polar surface area (TPSA) is 38.8 Å².